The fourth-order valence-electron chi connectivity index (χ4n) is 1.26. The van der Waals surface area contributed by atoms with Crippen molar-refractivity contribution in [3.8, 4) is 0 Å². The van der Waals surface area contributed by atoms with Gasteiger partial charge in [-0.25, -0.2) is 0 Å². The molecule has 1 heterocycles. The molecule has 72 valence electrons. The van der Waals surface area contributed by atoms with Crippen LogP contribution in [0.1, 0.15) is 35.0 Å². The predicted molar refractivity (Wildman–Crippen MR) is 49.0 cm³/mol. The van der Waals surface area contributed by atoms with Crippen molar-refractivity contribution >= 4 is 5.97 Å². The summed E-state index contributed by atoms with van der Waals surface area (Å²) in [7, 11) is 0. The minimum absolute atomic E-state index is 0. The first kappa shape index (κ1) is 9.52. The maximum atomic E-state index is 11.4. The summed E-state index contributed by atoms with van der Waals surface area (Å²) < 4.78 is 5.22. The van der Waals surface area contributed by atoms with Gasteiger partial charge in [0.25, 0.3) is 0 Å². The van der Waals surface area contributed by atoms with E-state index in [1.54, 1.807) is 0 Å². The van der Waals surface area contributed by atoms with Crippen molar-refractivity contribution < 1.29 is 11.0 Å². The number of ether oxygens (including phenoxy) is 1. The molecule has 0 bridgehead atoms. The number of hydrogen-bond donors (Lipinski definition) is 1. The fourth-order valence-corrected chi connectivity index (χ4v) is 1.26. The zero-order valence-electron chi connectivity index (χ0n) is 8.02. The van der Waals surface area contributed by atoms with Gasteiger partial charge in [-0.05, 0) is 40.2 Å². The summed E-state index contributed by atoms with van der Waals surface area (Å²) in [6, 6.07) is -0.0655. The van der Waals surface area contributed by atoms with Gasteiger partial charge in [-0.3, -0.25) is 4.79 Å². The third-order valence-electron chi connectivity index (χ3n) is 1.75. The van der Waals surface area contributed by atoms with Crippen LogP contribution in [0.5, 0.6) is 0 Å². The van der Waals surface area contributed by atoms with Crippen molar-refractivity contribution in [1.82, 2.24) is 5.32 Å². The molecule has 1 atom stereocenters. The summed E-state index contributed by atoms with van der Waals surface area (Å²) in [4.78, 5) is 11.4. The Kier molecular flexibility index (Phi) is 2.73. The molecule has 3 nitrogen and oxygen atoms in total. The molecular formula is C9H19NO2. The van der Waals surface area contributed by atoms with E-state index in [0.29, 0.717) is 0 Å². The third-order valence-corrected chi connectivity index (χ3v) is 1.75. The molecule has 0 radical (unpaired) electrons. The Morgan fingerprint density at radius 1 is 1.58 bits per heavy atom. The SMILES string of the molecule is CC(C)(C)OC(=O)C1CCCN1.[HH]. The van der Waals surface area contributed by atoms with Crippen molar-refractivity contribution in [3.05, 3.63) is 0 Å². The largest absolute Gasteiger partial charge is 0.459 e. The molecule has 1 N–H and O–H groups in total. The Morgan fingerprint density at radius 2 is 2.25 bits per heavy atom. The Morgan fingerprint density at radius 3 is 2.67 bits per heavy atom. The molecule has 0 aliphatic carbocycles. The van der Waals surface area contributed by atoms with Crippen LogP contribution in [0.4, 0.5) is 0 Å². The molecule has 12 heavy (non-hydrogen) atoms. The highest BCUT2D eigenvalue weighted by Crippen LogP contribution is 2.12. The normalized spacial score (nSPS) is 24.1. The zero-order chi connectivity index (χ0) is 9.19. The molecule has 1 fully saturated rings. The minimum Gasteiger partial charge on any atom is -0.459 e. The Labute approximate surface area is 75.0 Å². The van der Waals surface area contributed by atoms with Gasteiger partial charge in [-0.2, -0.15) is 0 Å². The van der Waals surface area contributed by atoms with E-state index in [2.05, 4.69) is 5.32 Å². The van der Waals surface area contributed by atoms with E-state index in [1.807, 2.05) is 20.8 Å². The summed E-state index contributed by atoms with van der Waals surface area (Å²) in [6.45, 7) is 6.60. The van der Waals surface area contributed by atoms with Gasteiger partial charge in [-0.1, -0.05) is 0 Å². The first-order valence-corrected chi connectivity index (χ1v) is 4.45. The second-order valence-electron chi connectivity index (χ2n) is 4.18. The molecule has 1 saturated heterocycles. The van der Waals surface area contributed by atoms with Crippen LogP contribution in [0.2, 0.25) is 0 Å². The molecule has 0 amide bonds. The van der Waals surface area contributed by atoms with Crippen LogP contribution in [0.15, 0.2) is 0 Å². The maximum Gasteiger partial charge on any atom is 0.323 e. The molecule has 0 aromatic rings. The van der Waals surface area contributed by atoms with Gasteiger partial charge in [0.1, 0.15) is 11.6 Å². The van der Waals surface area contributed by atoms with Crippen LogP contribution in [0, 0.1) is 0 Å². The van der Waals surface area contributed by atoms with Crippen LogP contribution in [0.3, 0.4) is 0 Å². The van der Waals surface area contributed by atoms with Crippen LogP contribution in [-0.2, 0) is 9.53 Å². The minimum atomic E-state index is -0.360. The average molecular weight is 173 g/mol. The first-order valence-electron chi connectivity index (χ1n) is 4.45. The molecule has 3 heteroatoms. The molecule has 1 rings (SSSR count). The number of nitrogens with one attached hydrogen (secondary N) is 1. The van der Waals surface area contributed by atoms with Crippen LogP contribution < -0.4 is 5.32 Å². The lowest BCUT2D eigenvalue weighted by molar-refractivity contribution is -0.157. The molecule has 0 aromatic heterocycles. The monoisotopic (exact) mass is 173 g/mol. The van der Waals surface area contributed by atoms with E-state index in [9.17, 15) is 4.79 Å². The van der Waals surface area contributed by atoms with E-state index in [0.717, 1.165) is 19.4 Å². The second-order valence-corrected chi connectivity index (χ2v) is 4.18. The molecule has 1 aliphatic heterocycles. The highest BCUT2D eigenvalue weighted by atomic mass is 16.6. The lowest BCUT2D eigenvalue weighted by Gasteiger charge is -2.21. The van der Waals surface area contributed by atoms with E-state index in [-0.39, 0.29) is 19.0 Å². The molecule has 1 aliphatic rings. The van der Waals surface area contributed by atoms with Crippen molar-refractivity contribution in [2.24, 2.45) is 0 Å². The Hall–Kier alpha value is -0.570. The van der Waals surface area contributed by atoms with E-state index < -0.39 is 0 Å². The van der Waals surface area contributed by atoms with E-state index >= 15 is 0 Å². The molecular weight excluding hydrogens is 154 g/mol. The Bertz CT molecular complexity index is 171. The number of carbonyl (C=O) groups is 1. The van der Waals surface area contributed by atoms with Crippen molar-refractivity contribution in [2.45, 2.75) is 45.3 Å². The molecule has 0 spiro atoms. The Balaban J connectivity index is 0.00000144. The number of esters is 1. The van der Waals surface area contributed by atoms with Crippen molar-refractivity contribution in [1.29, 1.82) is 0 Å². The smallest absolute Gasteiger partial charge is 0.323 e. The molecule has 1 unspecified atom stereocenters. The lowest BCUT2D eigenvalue weighted by Crippen LogP contribution is -2.37. The van der Waals surface area contributed by atoms with Crippen molar-refractivity contribution in [2.75, 3.05) is 6.54 Å². The van der Waals surface area contributed by atoms with E-state index in [1.165, 1.54) is 0 Å². The molecule has 0 aromatic carbocycles. The third kappa shape index (κ3) is 2.81. The van der Waals surface area contributed by atoms with Gasteiger partial charge in [0.15, 0.2) is 0 Å². The number of rotatable bonds is 1. The average Bonchev–Trinajstić information content (AvgIpc) is 2.32. The predicted octanol–water partition coefficient (Wildman–Crippen LogP) is 1.33. The van der Waals surface area contributed by atoms with Crippen molar-refractivity contribution in [3.63, 3.8) is 0 Å². The summed E-state index contributed by atoms with van der Waals surface area (Å²) in [5, 5.41) is 3.10. The first-order chi connectivity index (χ1) is 5.49. The van der Waals surface area contributed by atoms with Gasteiger partial charge in [0.2, 0.25) is 0 Å². The van der Waals surface area contributed by atoms with Crippen LogP contribution in [-0.4, -0.2) is 24.2 Å². The highest BCUT2D eigenvalue weighted by Gasteiger charge is 2.26. The lowest BCUT2D eigenvalue weighted by atomic mass is 10.2. The quantitative estimate of drug-likeness (QED) is 0.608. The van der Waals surface area contributed by atoms with Gasteiger partial charge in [0, 0.05) is 1.43 Å². The fraction of sp³-hybridized carbons (Fsp3) is 0.889. The topological polar surface area (TPSA) is 38.3 Å². The van der Waals surface area contributed by atoms with Crippen LogP contribution >= 0.6 is 0 Å². The zero-order valence-corrected chi connectivity index (χ0v) is 8.02. The van der Waals surface area contributed by atoms with Gasteiger partial charge < -0.3 is 10.1 Å². The molecule has 0 saturated carbocycles. The number of hydrogen-bond acceptors (Lipinski definition) is 3. The van der Waals surface area contributed by atoms with E-state index in [4.69, 9.17) is 4.74 Å². The summed E-state index contributed by atoms with van der Waals surface area (Å²) in [5.41, 5.74) is -0.360. The van der Waals surface area contributed by atoms with Gasteiger partial charge in [-0.15, -0.1) is 0 Å². The summed E-state index contributed by atoms with van der Waals surface area (Å²) >= 11 is 0. The van der Waals surface area contributed by atoms with Gasteiger partial charge in [0.05, 0.1) is 0 Å². The summed E-state index contributed by atoms with van der Waals surface area (Å²) in [6.07, 6.45) is 1.98. The standard InChI is InChI=1S/C9H17NO2.H2/c1-9(2,3)12-8(11)7-5-4-6-10-7;/h7,10H,4-6H2,1-3H3;1H. The number of carbonyl (C=O) groups excluding carboxylic acids is 1. The second kappa shape index (κ2) is 3.44. The highest BCUT2D eigenvalue weighted by molar-refractivity contribution is 5.76. The maximum absolute atomic E-state index is 11.4. The van der Waals surface area contributed by atoms with Crippen LogP contribution in [0.25, 0.3) is 0 Å². The summed E-state index contributed by atoms with van der Waals surface area (Å²) in [5.74, 6) is -0.111. The van der Waals surface area contributed by atoms with Gasteiger partial charge >= 0.3 is 5.97 Å².